The Morgan fingerprint density at radius 1 is 1.10 bits per heavy atom. The van der Waals surface area contributed by atoms with Crippen molar-refractivity contribution in [2.24, 2.45) is 5.92 Å². The molecule has 3 N–H and O–H groups in total. The SMILES string of the molecule is CC(C)CC(CO)Nc1nc(CC(C)c2cc(F)ccc2F)nc(NS(C)(=O)=O)n1. The van der Waals surface area contributed by atoms with Crippen LogP contribution in [0.4, 0.5) is 20.7 Å². The summed E-state index contributed by atoms with van der Waals surface area (Å²) in [4.78, 5) is 12.4. The zero-order valence-corrected chi connectivity index (χ0v) is 18.2. The quantitative estimate of drug-likeness (QED) is 0.517. The zero-order chi connectivity index (χ0) is 22.5. The molecule has 8 nitrogen and oxygen atoms in total. The third-order valence-electron chi connectivity index (χ3n) is 4.25. The van der Waals surface area contributed by atoms with Gasteiger partial charge in [-0.05, 0) is 42.0 Å². The van der Waals surface area contributed by atoms with Crippen LogP contribution in [-0.4, -0.2) is 47.4 Å². The maximum atomic E-state index is 14.1. The predicted octanol–water partition coefficient (Wildman–Crippen LogP) is 2.69. The molecule has 166 valence electrons. The maximum Gasteiger partial charge on any atom is 0.241 e. The number of nitrogens with zero attached hydrogens (tertiary/aromatic N) is 3. The normalized spacial score (nSPS) is 13.9. The molecule has 0 aliphatic heterocycles. The summed E-state index contributed by atoms with van der Waals surface area (Å²) < 4.78 is 53.0. The van der Waals surface area contributed by atoms with E-state index in [1.165, 1.54) is 0 Å². The average molecular weight is 444 g/mol. The molecule has 0 radical (unpaired) electrons. The van der Waals surface area contributed by atoms with Crippen molar-refractivity contribution < 1.29 is 22.3 Å². The molecule has 1 aromatic carbocycles. The average Bonchev–Trinajstić information content (AvgIpc) is 2.61. The van der Waals surface area contributed by atoms with Crippen LogP contribution < -0.4 is 10.0 Å². The van der Waals surface area contributed by atoms with E-state index in [1.54, 1.807) is 6.92 Å². The van der Waals surface area contributed by atoms with E-state index < -0.39 is 27.6 Å². The van der Waals surface area contributed by atoms with Gasteiger partial charge in [-0.15, -0.1) is 0 Å². The first-order chi connectivity index (χ1) is 14.0. The summed E-state index contributed by atoms with van der Waals surface area (Å²) in [7, 11) is -3.65. The zero-order valence-electron chi connectivity index (χ0n) is 17.4. The van der Waals surface area contributed by atoms with Gasteiger partial charge in [-0.1, -0.05) is 20.8 Å². The molecule has 0 amide bonds. The Morgan fingerprint density at radius 3 is 2.37 bits per heavy atom. The minimum atomic E-state index is -3.65. The van der Waals surface area contributed by atoms with Gasteiger partial charge in [-0.2, -0.15) is 15.0 Å². The Balaban J connectivity index is 2.34. The van der Waals surface area contributed by atoms with Crippen molar-refractivity contribution in [3.8, 4) is 0 Å². The van der Waals surface area contributed by atoms with Crippen LogP contribution in [0.5, 0.6) is 0 Å². The number of hydrogen-bond donors (Lipinski definition) is 3. The Bertz CT molecular complexity index is 973. The molecule has 0 saturated heterocycles. The Kier molecular flexibility index (Phi) is 8.02. The van der Waals surface area contributed by atoms with Gasteiger partial charge in [0.1, 0.15) is 17.5 Å². The third kappa shape index (κ3) is 7.45. The fourth-order valence-corrected chi connectivity index (χ4v) is 3.42. The maximum absolute atomic E-state index is 14.1. The van der Waals surface area contributed by atoms with Gasteiger partial charge in [0, 0.05) is 6.42 Å². The van der Waals surface area contributed by atoms with Crippen LogP contribution in [0.1, 0.15) is 44.5 Å². The number of rotatable bonds is 10. The summed E-state index contributed by atoms with van der Waals surface area (Å²) >= 11 is 0. The summed E-state index contributed by atoms with van der Waals surface area (Å²) in [5, 5.41) is 12.6. The minimum Gasteiger partial charge on any atom is -0.394 e. The van der Waals surface area contributed by atoms with E-state index in [0.717, 1.165) is 24.5 Å². The number of hydrogen-bond acceptors (Lipinski definition) is 7. The van der Waals surface area contributed by atoms with Gasteiger partial charge >= 0.3 is 0 Å². The van der Waals surface area contributed by atoms with Crippen LogP contribution >= 0.6 is 0 Å². The van der Waals surface area contributed by atoms with E-state index in [-0.39, 0.29) is 42.4 Å². The molecular formula is C19H27F2N5O3S. The highest BCUT2D eigenvalue weighted by Gasteiger charge is 2.18. The van der Waals surface area contributed by atoms with Crippen molar-refractivity contribution in [3.63, 3.8) is 0 Å². The van der Waals surface area contributed by atoms with Gasteiger partial charge < -0.3 is 10.4 Å². The molecule has 2 atom stereocenters. The summed E-state index contributed by atoms with van der Waals surface area (Å²) in [6.45, 7) is 5.51. The fraction of sp³-hybridized carbons (Fsp3) is 0.526. The first kappa shape index (κ1) is 23.9. The lowest BCUT2D eigenvalue weighted by atomic mass is 9.97. The van der Waals surface area contributed by atoms with Crippen LogP contribution in [0, 0.1) is 17.6 Å². The lowest BCUT2D eigenvalue weighted by Gasteiger charge is -2.19. The number of halogens is 2. The molecule has 2 aromatic rings. The van der Waals surface area contributed by atoms with E-state index in [0.29, 0.717) is 12.3 Å². The number of sulfonamides is 1. The molecule has 0 aliphatic carbocycles. The second kappa shape index (κ2) is 10.1. The fourth-order valence-electron chi connectivity index (χ4n) is 2.99. The molecule has 0 aliphatic rings. The molecule has 0 bridgehead atoms. The van der Waals surface area contributed by atoms with Gasteiger partial charge in [-0.25, -0.2) is 17.2 Å². The van der Waals surface area contributed by atoms with Gasteiger partial charge in [0.15, 0.2) is 0 Å². The van der Waals surface area contributed by atoms with E-state index in [1.807, 2.05) is 13.8 Å². The highest BCUT2D eigenvalue weighted by atomic mass is 32.2. The molecule has 1 aromatic heterocycles. The molecule has 11 heteroatoms. The number of aliphatic hydroxyl groups is 1. The number of benzene rings is 1. The largest absolute Gasteiger partial charge is 0.394 e. The molecule has 1 heterocycles. The molecule has 30 heavy (non-hydrogen) atoms. The van der Waals surface area contributed by atoms with Gasteiger partial charge in [0.2, 0.25) is 21.9 Å². The minimum absolute atomic E-state index is 0.0813. The second-order valence-corrected chi connectivity index (χ2v) is 9.45. The van der Waals surface area contributed by atoms with Crippen LogP contribution in [0.25, 0.3) is 0 Å². The number of aliphatic hydroxyl groups excluding tert-OH is 1. The molecule has 2 rings (SSSR count). The van der Waals surface area contributed by atoms with E-state index in [4.69, 9.17) is 0 Å². The summed E-state index contributed by atoms with van der Waals surface area (Å²) in [5.74, 6) is -1.22. The lowest BCUT2D eigenvalue weighted by Crippen LogP contribution is -2.27. The molecule has 0 saturated carbocycles. The lowest BCUT2D eigenvalue weighted by molar-refractivity contribution is 0.259. The standard InChI is InChI=1S/C19H27F2N5O3S/c1-11(2)7-14(10-27)22-18-23-17(24-19(25-18)26-30(4,28)29)8-12(3)15-9-13(20)5-6-16(15)21/h5-6,9,11-12,14,27H,7-8,10H2,1-4H3,(H2,22,23,24,25,26). The number of anilines is 2. The van der Waals surface area contributed by atoms with Crippen molar-refractivity contribution >= 4 is 21.9 Å². The third-order valence-corrected chi connectivity index (χ3v) is 4.80. The van der Waals surface area contributed by atoms with Crippen LogP contribution in [0.15, 0.2) is 18.2 Å². The highest BCUT2D eigenvalue weighted by Crippen LogP contribution is 2.24. The first-order valence-corrected chi connectivity index (χ1v) is 11.4. The Labute approximate surface area is 175 Å². The molecule has 2 unspecified atom stereocenters. The van der Waals surface area contributed by atoms with Crippen molar-refractivity contribution in [3.05, 3.63) is 41.2 Å². The summed E-state index contributed by atoms with van der Waals surface area (Å²) in [6, 6.07) is 2.86. The Morgan fingerprint density at radius 2 is 1.77 bits per heavy atom. The smallest absolute Gasteiger partial charge is 0.241 e. The van der Waals surface area contributed by atoms with Gasteiger partial charge in [-0.3, -0.25) is 4.72 Å². The predicted molar refractivity (Wildman–Crippen MR) is 111 cm³/mol. The van der Waals surface area contributed by atoms with E-state index >= 15 is 0 Å². The van der Waals surface area contributed by atoms with Crippen molar-refractivity contribution in [1.82, 2.24) is 15.0 Å². The number of aromatic nitrogens is 3. The second-order valence-electron chi connectivity index (χ2n) is 7.70. The van der Waals surface area contributed by atoms with Crippen molar-refractivity contribution in [2.75, 3.05) is 22.9 Å². The summed E-state index contributed by atoms with van der Waals surface area (Å²) in [5.41, 5.74) is 0.163. The van der Waals surface area contributed by atoms with Crippen molar-refractivity contribution in [2.45, 2.75) is 45.6 Å². The topological polar surface area (TPSA) is 117 Å². The van der Waals surface area contributed by atoms with Gasteiger partial charge in [0.05, 0.1) is 18.9 Å². The van der Waals surface area contributed by atoms with Crippen molar-refractivity contribution in [1.29, 1.82) is 0 Å². The van der Waals surface area contributed by atoms with Crippen LogP contribution in [-0.2, 0) is 16.4 Å². The molecule has 0 spiro atoms. The molecule has 0 fully saturated rings. The Hall–Kier alpha value is -2.40. The number of nitrogens with one attached hydrogen (secondary N) is 2. The van der Waals surface area contributed by atoms with Crippen LogP contribution in [0.3, 0.4) is 0 Å². The van der Waals surface area contributed by atoms with Crippen LogP contribution in [0.2, 0.25) is 0 Å². The van der Waals surface area contributed by atoms with E-state index in [9.17, 15) is 22.3 Å². The summed E-state index contributed by atoms with van der Waals surface area (Å²) in [6.07, 6.45) is 1.71. The monoisotopic (exact) mass is 443 g/mol. The first-order valence-electron chi connectivity index (χ1n) is 9.52. The molecular weight excluding hydrogens is 416 g/mol. The van der Waals surface area contributed by atoms with Gasteiger partial charge in [0.25, 0.3) is 0 Å². The highest BCUT2D eigenvalue weighted by molar-refractivity contribution is 7.91. The van der Waals surface area contributed by atoms with E-state index in [2.05, 4.69) is 25.0 Å².